The SMILES string of the molecule is O=C(CN1CCOCC1)N1CCN(C(=O)c2ccc(N3CCOCC3)nc2)CC1. The Bertz CT molecular complexity index is 693. The molecule has 0 N–H and O–H groups in total. The van der Waals surface area contributed by atoms with Crippen LogP contribution in [0, 0.1) is 0 Å². The second kappa shape index (κ2) is 9.51. The van der Waals surface area contributed by atoms with Crippen molar-refractivity contribution >= 4 is 17.6 Å². The zero-order chi connectivity index (χ0) is 20.1. The molecule has 0 saturated carbocycles. The van der Waals surface area contributed by atoms with E-state index in [0.29, 0.717) is 64.7 Å². The fourth-order valence-corrected chi connectivity index (χ4v) is 3.88. The Hall–Kier alpha value is -2.23. The predicted molar refractivity (Wildman–Crippen MR) is 107 cm³/mol. The first kappa shape index (κ1) is 20.1. The number of piperazine rings is 1. The maximum absolute atomic E-state index is 12.8. The van der Waals surface area contributed by atoms with Crippen LogP contribution in [-0.2, 0) is 14.3 Å². The molecule has 3 aliphatic heterocycles. The van der Waals surface area contributed by atoms with Crippen molar-refractivity contribution in [2.45, 2.75) is 0 Å². The lowest BCUT2D eigenvalue weighted by molar-refractivity contribution is -0.134. The van der Waals surface area contributed by atoms with Gasteiger partial charge in [0.1, 0.15) is 5.82 Å². The molecule has 0 radical (unpaired) electrons. The topological polar surface area (TPSA) is 78.5 Å². The van der Waals surface area contributed by atoms with Crippen LogP contribution in [-0.4, -0.2) is 117 Å². The molecule has 3 fully saturated rings. The minimum atomic E-state index is -0.0219. The number of ether oxygens (including phenoxy) is 2. The molecule has 0 bridgehead atoms. The van der Waals surface area contributed by atoms with Gasteiger partial charge in [-0.25, -0.2) is 4.98 Å². The highest BCUT2D eigenvalue weighted by Crippen LogP contribution is 2.15. The number of aromatic nitrogens is 1. The zero-order valence-electron chi connectivity index (χ0n) is 16.8. The average Bonchev–Trinajstić information content (AvgIpc) is 2.80. The third-order valence-electron chi connectivity index (χ3n) is 5.71. The van der Waals surface area contributed by atoms with E-state index in [2.05, 4.69) is 14.8 Å². The highest BCUT2D eigenvalue weighted by Gasteiger charge is 2.26. The summed E-state index contributed by atoms with van der Waals surface area (Å²) in [5.41, 5.74) is 0.593. The average molecular weight is 403 g/mol. The number of carbonyl (C=O) groups excluding carboxylic acids is 2. The summed E-state index contributed by atoms with van der Waals surface area (Å²) in [5, 5.41) is 0. The van der Waals surface area contributed by atoms with Crippen LogP contribution in [0.15, 0.2) is 18.3 Å². The molecule has 158 valence electrons. The molecule has 4 rings (SSSR count). The van der Waals surface area contributed by atoms with Crippen LogP contribution in [0.1, 0.15) is 10.4 Å². The highest BCUT2D eigenvalue weighted by molar-refractivity contribution is 5.94. The van der Waals surface area contributed by atoms with Crippen LogP contribution in [0.4, 0.5) is 5.82 Å². The lowest BCUT2D eigenvalue weighted by Gasteiger charge is -2.36. The first-order valence-corrected chi connectivity index (χ1v) is 10.4. The molecule has 29 heavy (non-hydrogen) atoms. The second-order valence-electron chi connectivity index (χ2n) is 7.57. The summed E-state index contributed by atoms with van der Waals surface area (Å²) in [6.45, 7) is 8.73. The Morgan fingerprint density at radius 2 is 1.45 bits per heavy atom. The van der Waals surface area contributed by atoms with E-state index >= 15 is 0 Å². The number of nitrogens with zero attached hydrogens (tertiary/aromatic N) is 5. The second-order valence-corrected chi connectivity index (χ2v) is 7.57. The molecule has 1 aromatic rings. The molecule has 3 saturated heterocycles. The van der Waals surface area contributed by atoms with E-state index in [1.54, 1.807) is 6.20 Å². The van der Waals surface area contributed by atoms with E-state index in [4.69, 9.17) is 9.47 Å². The minimum Gasteiger partial charge on any atom is -0.379 e. The predicted octanol–water partition coefficient (Wildman–Crippen LogP) is -0.465. The van der Waals surface area contributed by atoms with Gasteiger partial charge in [0, 0.05) is 58.6 Å². The van der Waals surface area contributed by atoms with Gasteiger partial charge in [0.25, 0.3) is 5.91 Å². The van der Waals surface area contributed by atoms with Gasteiger partial charge in [0.05, 0.1) is 38.5 Å². The summed E-state index contributed by atoms with van der Waals surface area (Å²) in [4.78, 5) is 37.8. The van der Waals surface area contributed by atoms with Crippen LogP contribution in [0.25, 0.3) is 0 Å². The van der Waals surface area contributed by atoms with Crippen LogP contribution >= 0.6 is 0 Å². The van der Waals surface area contributed by atoms with Crippen molar-refractivity contribution in [1.29, 1.82) is 0 Å². The van der Waals surface area contributed by atoms with Gasteiger partial charge >= 0.3 is 0 Å². The number of rotatable bonds is 4. The van der Waals surface area contributed by atoms with E-state index in [9.17, 15) is 9.59 Å². The Kier molecular flexibility index (Phi) is 6.58. The Morgan fingerprint density at radius 1 is 0.828 bits per heavy atom. The molecule has 4 heterocycles. The lowest BCUT2D eigenvalue weighted by Crippen LogP contribution is -2.53. The number of hydrogen-bond acceptors (Lipinski definition) is 7. The fourth-order valence-electron chi connectivity index (χ4n) is 3.88. The summed E-state index contributed by atoms with van der Waals surface area (Å²) in [5.74, 6) is 0.991. The summed E-state index contributed by atoms with van der Waals surface area (Å²) >= 11 is 0. The molecule has 9 nitrogen and oxygen atoms in total. The van der Waals surface area contributed by atoms with E-state index in [0.717, 1.165) is 32.0 Å². The summed E-state index contributed by atoms with van der Waals surface area (Å²) in [6, 6.07) is 3.75. The Balaban J connectivity index is 1.26. The summed E-state index contributed by atoms with van der Waals surface area (Å²) in [6.07, 6.45) is 1.66. The third kappa shape index (κ3) is 5.04. The van der Waals surface area contributed by atoms with Gasteiger partial charge in [-0.1, -0.05) is 0 Å². The van der Waals surface area contributed by atoms with Gasteiger partial charge in [0.2, 0.25) is 5.91 Å². The standard InChI is InChI=1S/C20H29N5O4/c26-19(16-22-7-11-28-12-8-22)24-3-5-25(6-4-24)20(27)17-1-2-18(21-15-17)23-9-13-29-14-10-23/h1-2,15H,3-14,16H2. The molecular weight excluding hydrogens is 374 g/mol. The van der Waals surface area contributed by atoms with Crippen LogP contribution in [0.2, 0.25) is 0 Å². The van der Waals surface area contributed by atoms with Crippen molar-refractivity contribution in [2.24, 2.45) is 0 Å². The molecule has 3 aliphatic rings. The molecule has 0 spiro atoms. The normalized spacial score (nSPS) is 21.3. The number of amides is 2. The van der Waals surface area contributed by atoms with Crippen molar-refractivity contribution in [3.8, 4) is 0 Å². The van der Waals surface area contributed by atoms with Crippen molar-refractivity contribution in [3.05, 3.63) is 23.9 Å². The quantitative estimate of drug-likeness (QED) is 0.673. The van der Waals surface area contributed by atoms with Crippen LogP contribution < -0.4 is 4.90 Å². The number of anilines is 1. The van der Waals surface area contributed by atoms with Crippen molar-refractivity contribution in [1.82, 2.24) is 19.7 Å². The van der Waals surface area contributed by atoms with Crippen molar-refractivity contribution in [2.75, 3.05) is 90.2 Å². The van der Waals surface area contributed by atoms with Crippen LogP contribution in [0.3, 0.4) is 0 Å². The largest absolute Gasteiger partial charge is 0.379 e. The van der Waals surface area contributed by atoms with Crippen molar-refractivity contribution in [3.63, 3.8) is 0 Å². The molecule has 2 amide bonds. The van der Waals surface area contributed by atoms with E-state index in [-0.39, 0.29) is 11.8 Å². The monoisotopic (exact) mass is 403 g/mol. The minimum absolute atomic E-state index is 0.0219. The lowest BCUT2D eigenvalue weighted by atomic mass is 10.2. The molecule has 9 heteroatoms. The number of pyridine rings is 1. The van der Waals surface area contributed by atoms with Gasteiger partial charge < -0.3 is 24.2 Å². The fraction of sp³-hybridized carbons (Fsp3) is 0.650. The molecular formula is C20H29N5O4. The van der Waals surface area contributed by atoms with Gasteiger partial charge in [-0.05, 0) is 12.1 Å². The summed E-state index contributed by atoms with van der Waals surface area (Å²) in [7, 11) is 0. The van der Waals surface area contributed by atoms with Crippen molar-refractivity contribution < 1.29 is 19.1 Å². The zero-order valence-corrected chi connectivity index (χ0v) is 16.8. The molecule has 0 atom stereocenters. The maximum atomic E-state index is 12.8. The van der Waals surface area contributed by atoms with Gasteiger partial charge in [-0.3, -0.25) is 14.5 Å². The summed E-state index contributed by atoms with van der Waals surface area (Å²) < 4.78 is 10.7. The molecule has 0 aliphatic carbocycles. The Morgan fingerprint density at radius 3 is 2.07 bits per heavy atom. The molecule has 1 aromatic heterocycles. The van der Waals surface area contributed by atoms with Gasteiger partial charge in [-0.15, -0.1) is 0 Å². The smallest absolute Gasteiger partial charge is 0.255 e. The third-order valence-corrected chi connectivity index (χ3v) is 5.71. The highest BCUT2D eigenvalue weighted by atomic mass is 16.5. The Labute approximate surface area is 171 Å². The first-order valence-electron chi connectivity index (χ1n) is 10.4. The van der Waals surface area contributed by atoms with E-state index in [1.165, 1.54) is 0 Å². The van der Waals surface area contributed by atoms with Gasteiger partial charge in [-0.2, -0.15) is 0 Å². The van der Waals surface area contributed by atoms with Crippen LogP contribution in [0.5, 0.6) is 0 Å². The number of morpholine rings is 2. The number of carbonyl (C=O) groups is 2. The maximum Gasteiger partial charge on any atom is 0.255 e. The van der Waals surface area contributed by atoms with E-state index in [1.807, 2.05) is 21.9 Å². The molecule has 0 aromatic carbocycles. The first-order chi connectivity index (χ1) is 14.2. The number of hydrogen-bond donors (Lipinski definition) is 0. The van der Waals surface area contributed by atoms with E-state index < -0.39 is 0 Å². The molecule has 0 unspecified atom stereocenters. The van der Waals surface area contributed by atoms with Gasteiger partial charge in [0.15, 0.2) is 0 Å².